The standard InChI is InChI=1S/C59H68ClFN6O9S/c1-4-5-6-7-47(38-56-62-24-35-77-56)59(71)66-39-52(44-12-17-49(61)18-13-44)53(40-66)58(70)64-23-26-73-28-30-75-32-34-76-33-31-74-29-27-72-25-22-63-57(69)45-10-8-43(9-11-45)46-14-21-55-51(37-46)54(36-41(2)67(55)42(3)68)65-50-19-15-48(60)16-20-50/h8-21,24,35,37-38,41,52-54,65H,4-5,22-23,25-34,36,39-40H2,1-3H3,(H,63,69)(H,64,70)/b47-38+/t41-,52-,53+,54+/m0/s1. The van der Waals surface area contributed by atoms with Crippen molar-refractivity contribution in [3.63, 3.8) is 0 Å². The number of nitrogens with zero attached hydrogens (tertiary/aromatic N) is 3. The number of aromatic nitrogens is 1. The highest BCUT2D eigenvalue weighted by atomic mass is 35.5. The second-order valence-corrected chi connectivity index (χ2v) is 20.0. The number of carbonyl (C=O) groups excluding carboxylic acids is 4. The van der Waals surface area contributed by atoms with E-state index in [0.717, 1.165) is 46.5 Å². The second kappa shape index (κ2) is 30.5. The van der Waals surface area contributed by atoms with Crippen molar-refractivity contribution in [3.8, 4) is 23.0 Å². The number of likely N-dealkylation sites (tertiary alicyclic amines) is 1. The van der Waals surface area contributed by atoms with E-state index in [2.05, 4.69) is 45.8 Å². The van der Waals surface area contributed by atoms with Crippen LogP contribution in [0.15, 0.2) is 108 Å². The SMILES string of the molecule is CCCC#C/C(=C\c1nccs1)C(=O)N1C[C@@H](C(=O)NCCOCCOCCOCCOCCOCCNC(=O)c2ccc(-c3ccc4c(c3)[C@H](Nc3ccc(Cl)cc3)C[C@H](C)N4C(C)=O)cc2)[C@H](c2ccc(F)cc2)C1. The topological polar surface area (TPSA) is 170 Å². The van der Waals surface area contributed by atoms with Gasteiger partial charge in [-0.1, -0.05) is 60.7 Å². The first-order valence-corrected chi connectivity index (χ1v) is 27.4. The first kappa shape index (κ1) is 58.2. The zero-order valence-corrected chi connectivity index (χ0v) is 45.5. The third-order valence-corrected chi connectivity index (χ3v) is 14.0. The Morgan fingerprint density at radius 3 is 2.03 bits per heavy atom. The number of thiazole rings is 1. The zero-order valence-electron chi connectivity index (χ0n) is 43.9. The van der Waals surface area contributed by atoms with Crippen LogP contribution in [-0.4, -0.2) is 132 Å². The molecule has 15 nitrogen and oxygen atoms in total. The average Bonchev–Trinajstić information content (AvgIpc) is 4.14. The average molecular weight is 1090 g/mol. The second-order valence-electron chi connectivity index (χ2n) is 18.6. The maximum Gasteiger partial charge on any atom is 0.262 e. The maximum absolute atomic E-state index is 13.9. The molecule has 0 aliphatic carbocycles. The van der Waals surface area contributed by atoms with E-state index in [0.29, 0.717) is 93.6 Å². The molecule has 1 saturated heterocycles. The molecule has 18 heteroatoms. The van der Waals surface area contributed by atoms with Crippen molar-refractivity contribution in [1.29, 1.82) is 0 Å². The fourth-order valence-electron chi connectivity index (χ4n) is 9.24. The van der Waals surface area contributed by atoms with Gasteiger partial charge < -0.3 is 49.4 Å². The molecule has 4 amide bonds. The largest absolute Gasteiger partial charge is 0.378 e. The number of rotatable bonds is 27. The van der Waals surface area contributed by atoms with Crippen LogP contribution < -0.4 is 20.9 Å². The Kier molecular flexibility index (Phi) is 23.0. The smallest absolute Gasteiger partial charge is 0.262 e. The van der Waals surface area contributed by atoms with Crippen molar-refractivity contribution in [2.75, 3.05) is 102 Å². The summed E-state index contributed by atoms with van der Waals surface area (Å²) in [6.45, 7) is 10.4. The number of carbonyl (C=O) groups is 4. The van der Waals surface area contributed by atoms with Crippen LogP contribution in [0.25, 0.3) is 17.2 Å². The van der Waals surface area contributed by atoms with Gasteiger partial charge in [-0.15, -0.1) is 11.3 Å². The summed E-state index contributed by atoms with van der Waals surface area (Å²) in [6.07, 6.45) is 5.61. The summed E-state index contributed by atoms with van der Waals surface area (Å²) in [5, 5.41) is 12.7. The van der Waals surface area contributed by atoms with Crippen molar-refractivity contribution >= 4 is 64.0 Å². The van der Waals surface area contributed by atoms with E-state index >= 15 is 0 Å². The number of halogens is 2. The summed E-state index contributed by atoms with van der Waals surface area (Å²) < 4.78 is 42.0. The predicted molar refractivity (Wildman–Crippen MR) is 298 cm³/mol. The molecule has 0 saturated carbocycles. The molecule has 0 bridgehead atoms. The minimum absolute atomic E-state index is 0.000354. The molecule has 1 aromatic heterocycles. The molecule has 0 spiro atoms. The Labute approximate surface area is 459 Å². The highest BCUT2D eigenvalue weighted by Gasteiger charge is 2.41. The van der Waals surface area contributed by atoms with Crippen LogP contribution in [0.3, 0.4) is 0 Å². The Bertz CT molecular complexity index is 2790. The van der Waals surface area contributed by atoms with Crippen LogP contribution in [0.5, 0.6) is 0 Å². The summed E-state index contributed by atoms with van der Waals surface area (Å²) in [7, 11) is 0. The molecular weight excluding hydrogens is 1020 g/mol. The number of amides is 4. The van der Waals surface area contributed by atoms with E-state index in [9.17, 15) is 23.6 Å². The van der Waals surface area contributed by atoms with Gasteiger partial charge in [0.1, 0.15) is 10.8 Å². The van der Waals surface area contributed by atoms with Crippen molar-refractivity contribution < 1.29 is 47.3 Å². The molecule has 2 aliphatic heterocycles. The molecule has 1 fully saturated rings. The van der Waals surface area contributed by atoms with E-state index in [1.165, 1.54) is 23.5 Å². The summed E-state index contributed by atoms with van der Waals surface area (Å²) in [4.78, 5) is 60.8. The molecule has 77 heavy (non-hydrogen) atoms. The molecule has 0 radical (unpaired) electrons. The lowest BCUT2D eigenvalue weighted by Gasteiger charge is -2.39. The molecule has 3 N–H and O–H groups in total. The van der Waals surface area contributed by atoms with Gasteiger partial charge in [-0.05, 0) is 109 Å². The molecule has 2 aliphatic rings. The van der Waals surface area contributed by atoms with Gasteiger partial charge in [-0.2, -0.15) is 0 Å². The van der Waals surface area contributed by atoms with Gasteiger partial charge in [-0.3, -0.25) is 19.2 Å². The summed E-state index contributed by atoms with van der Waals surface area (Å²) in [5.41, 5.74) is 6.43. The normalized spacial score (nSPS) is 17.1. The third-order valence-electron chi connectivity index (χ3n) is 13.0. The first-order valence-electron chi connectivity index (χ1n) is 26.1. The number of benzene rings is 4. The van der Waals surface area contributed by atoms with Gasteiger partial charge in [0.25, 0.3) is 11.8 Å². The van der Waals surface area contributed by atoms with Crippen LogP contribution in [0, 0.1) is 23.6 Å². The molecule has 7 rings (SSSR count). The number of hydrogen-bond acceptors (Lipinski definition) is 12. The Morgan fingerprint density at radius 2 is 1.42 bits per heavy atom. The third kappa shape index (κ3) is 17.5. The number of unbranched alkanes of at least 4 members (excludes halogenated alkanes) is 1. The van der Waals surface area contributed by atoms with Gasteiger partial charge in [0.15, 0.2) is 0 Å². The van der Waals surface area contributed by atoms with Gasteiger partial charge in [0.05, 0.1) is 83.6 Å². The molecule has 0 unspecified atom stereocenters. The van der Waals surface area contributed by atoms with Gasteiger partial charge in [0, 0.05) is 85.0 Å². The predicted octanol–water partition coefficient (Wildman–Crippen LogP) is 8.96. The van der Waals surface area contributed by atoms with E-state index in [1.54, 1.807) is 48.4 Å². The fourth-order valence-corrected chi connectivity index (χ4v) is 9.93. The molecule has 3 heterocycles. The van der Waals surface area contributed by atoms with E-state index in [-0.39, 0.29) is 73.7 Å². The van der Waals surface area contributed by atoms with Crippen molar-refractivity contribution in [1.82, 2.24) is 20.5 Å². The minimum atomic E-state index is -0.552. The molecule has 4 aromatic carbocycles. The summed E-state index contributed by atoms with van der Waals surface area (Å²) in [6, 6.07) is 27.3. The molecular formula is C59H68ClFN6O9S. The first-order chi connectivity index (χ1) is 37.5. The number of anilines is 2. The van der Waals surface area contributed by atoms with Gasteiger partial charge in [0.2, 0.25) is 11.8 Å². The Hall–Kier alpha value is -6.49. The molecule has 4 atom stereocenters. The van der Waals surface area contributed by atoms with Crippen LogP contribution >= 0.6 is 22.9 Å². The zero-order chi connectivity index (χ0) is 54.4. The van der Waals surface area contributed by atoms with Crippen molar-refractivity contribution in [2.24, 2.45) is 5.92 Å². The van der Waals surface area contributed by atoms with E-state index in [1.807, 2.05) is 65.7 Å². The van der Waals surface area contributed by atoms with Gasteiger partial charge in [-0.25, -0.2) is 9.37 Å². The number of ether oxygens (including phenoxy) is 5. The quantitative estimate of drug-likeness (QED) is 0.0261. The van der Waals surface area contributed by atoms with Crippen molar-refractivity contribution in [2.45, 2.75) is 58.0 Å². The van der Waals surface area contributed by atoms with Gasteiger partial charge >= 0.3 is 0 Å². The van der Waals surface area contributed by atoms with Crippen LogP contribution in [0.4, 0.5) is 15.8 Å². The summed E-state index contributed by atoms with van der Waals surface area (Å²) >= 11 is 7.54. The highest BCUT2D eigenvalue weighted by molar-refractivity contribution is 7.10. The monoisotopic (exact) mass is 1090 g/mol. The van der Waals surface area contributed by atoms with Crippen LogP contribution in [0.2, 0.25) is 5.02 Å². The number of nitrogens with one attached hydrogen (secondary N) is 3. The van der Waals surface area contributed by atoms with Crippen molar-refractivity contribution in [3.05, 3.63) is 141 Å². The lowest BCUT2D eigenvalue weighted by atomic mass is 9.88. The highest BCUT2D eigenvalue weighted by Crippen LogP contribution is 2.41. The molecule has 5 aromatic rings. The fraction of sp³-hybridized carbons (Fsp3) is 0.407. The number of hydrogen-bond donors (Lipinski definition) is 3. The maximum atomic E-state index is 13.9. The number of fused-ring (bicyclic) bond motifs is 1. The Morgan fingerprint density at radius 1 is 0.792 bits per heavy atom. The van der Waals surface area contributed by atoms with E-state index < -0.39 is 5.92 Å². The Balaban J connectivity index is 0.710. The lowest BCUT2D eigenvalue weighted by Crippen LogP contribution is -2.43. The van der Waals surface area contributed by atoms with Crippen LogP contribution in [-0.2, 0) is 38.1 Å². The lowest BCUT2D eigenvalue weighted by molar-refractivity contribution is -0.127. The summed E-state index contributed by atoms with van der Waals surface area (Å²) in [5.74, 6) is 4.16. The van der Waals surface area contributed by atoms with Crippen LogP contribution in [0.1, 0.15) is 78.5 Å². The minimum Gasteiger partial charge on any atom is -0.378 e. The van der Waals surface area contributed by atoms with E-state index in [4.69, 9.17) is 35.3 Å². The molecule has 408 valence electrons.